The van der Waals surface area contributed by atoms with Crippen molar-refractivity contribution < 1.29 is 23.1 Å². The molecule has 0 atom stereocenters. The second-order valence-electron chi connectivity index (χ2n) is 4.76. The van der Waals surface area contributed by atoms with Crippen molar-refractivity contribution in [3.8, 4) is 11.1 Å². The first-order chi connectivity index (χ1) is 10.8. The number of pyridine rings is 1. The monoisotopic (exact) mass is 322 g/mol. The van der Waals surface area contributed by atoms with Crippen molar-refractivity contribution in [1.82, 2.24) is 14.6 Å². The summed E-state index contributed by atoms with van der Waals surface area (Å²) in [6.07, 6.45) is -3.24. The van der Waals surface area contributed by atoms with E-state index in [1.54, 1.807) is 0 Å². The molecule has 0 unspecified atom stereocenters. The summed E-state index contributed by atoms with van der Waals surface area (Å²) in [6.45, 7) is 0. The Hall–Kier alpha value is -3.10. The first-order valence-corrected chi connectivity index (χ1v) is 6.32. The number of carboxylic acid groups (broad SMARTS) is 1. The van der Waals surface area contributed by atoms with E-state index in [-0.39, 0.29) is 28.3 Å². The number of nitrogens with zero attached hydrogens (tertiary/aromatic N) is 3. The molecule has 0 bridgehead atoms. The van der Waals surface area contributed by atoms with Gasteiger partial charge < -0.3 is 10.8 Å². The maximum atomic E-state index is 12.8. The number of alkyl halides is 3. The molecule has 1 aromatic carbocycles. The normalized spacial score (nSPS) is 11.8. The molecule has 0 fully saturated rings. The Morgan fingerprint density at radius 3 is 2.65 bits per heavy atom. The summed E-state index contributed by atoms with van der Waals surface area (Å²) < 4.78 is 39.7. The summed E-state index contributed by atoms with van der Waals surface area (Å²) in [5, 5.41) is 13.2. The maximum Gasteiger partial charge on any atom is 0.416 e. The van der Waals surface area contributed by atoms with Gasteiger partial charge in [0.2, 0.25) is 5.95 Å². The van der Waals surface area contributed by atoms with E-state index in [0.717, 1.165) is 12.1 Å². The van der Waals surface area contributed by atoms with Crippen LogP contribution in [0.15, 0.2) is 36.5 Å². The lowest BCUT2D eigenvalue weighted by atomic mass is 10.00. The van der Waals surface area contributed by atoms with Crippen LogP contribution in [0.4, 0.5) is 19.1 Å². The molecule has 0 spiro atoms. The molecular weight excluding hydrogens is 313 g/mol. The number of rotatable bonds is 2. The van der Waals surface area contributed by atoms with Gasteiger partial charge in [0.05, 0.1) is 11.1 Å². The van der Waals surface area contributed by atoms with E-state index in [1.807, 2.05) is 0 Å². The Morgan fingerprint density at radius 2 is 2.00 bits per heavy atom. The number of nitrogens with two attached hydrogens (primary N) is 1. The van der Waals surface area contributed by atoms with Crippen molar-refractivity contribution in [2.75, 3.05) is 5.73 Å². The fourth-order valence-corrected chi connectivity index (χ4v) is 2.21. The van der Waals surface area contributed by atoms with Gasteiger partial charge in [-0.3, -0.25) is 0 Å². The third-order valence-corrected chi connectivity index (χ3v) is 3.22. The summed E-state index contributed by atoms with van der Waals surface area (Å²) in [4.78, 5) is 15.3. The van der Waals surface area contributed by atoms with Gasteiger partial charge in [-0.25, -0.2) is 9.31 Å². The van der Waals surface area contributed by atoms with Gasteiger partial charge in [-0.2, -0.15) is 18.2 Å². The standard InChI is InChI=1S/C14H9F3N4O2/c15-14(16,17)8-3-1-2-7(4-8)10-6-21-11(19-13(18)20-21)5-9(10)12(22)23/h1-6H,(H2,18,20)(H,22,23). The highest BCUT2D eigenvalue weighted by Crippen LogP contribution is 2.33. The highest BCUT2D eigenvalue weighted by molar-refractivity contribution is 5.97. The van der Waals surface area contributed by atoms with E-state index in [2.05, 4.69) is 10.1 Å². The molecule has 0 saturated heterocycles. The van der Waals surface area contributed by atoms with Crippen molar-refractivity contribution in [1.29, 1.82) is 0 Å². The Kier molecular flexibility index (Phi) is 3.20. The van der Waals surface area contributed by atoms with Gasteiger partial charge >= 0.3 is 12.1 Å². The molecule has 23 heavy (non-hydrogen) atoms. The fraction of sp³-hybridized carbons (Fsp3) is 0.0714. The van der Waals surface area contributed by atoms with Crippen LogP contribution >= 0.6 is 0 Å². The summed E-state index contributed by atoms with van der Waals surface area (Å²) in [5.74, 6) is -1.36. The lowest BCUT2D eigenvalue weighted by molar-refractivity contribution is -0.137. The summed E-state index contributed by atoms with van der Waals surface area (Å²) in [6, 6.07) is 5.61. The molecule has 0 radical (unpaired) electrons. The van der Waals surface area contributed by atoms with Crippen LogP contribution in [0.25, 0.3) is 16.8 Å². The Labute approximate surface area is 127 Å². The SMILES string of the molecule is Nc1nc2cc(C(=O)O)c(-c3cccc(C(F)(F)F)c3)cn2n1. The van der Waals surface area contributed by atoms with Crippen LogP contribution in [0, 0.1) is 0 Å². The van der Waals surface area contributed by atoms with Crippen LogP contribution in [-0.4, -0.2) is 25.7 Å². The van der Waals surface area contributed by atoms with Crippen molar-refractivity contribution >= 4 is 17.6 Å². The number of anilines is 1. The topological polar surface area (TPSA) is 93.5 Å². The van der Waals surface area contributed by atoms with E-state index < -0.39 is 17.7 Å². The van der Waals surface area contributed by atoms with Crippen molar-refractivity contribution in [2.45, 2.75) is 6.18 Å². The molecule has 2 aromatic heterocycles. The minimum absolute atomic E-state index is 0.0671. The number of carbonyl (C=O) groups is 1. The van der Waals surface area contributed by atoms with E-state index in [0.29, 0.717) is 0 Å². The maximum absolute atomic E-state index is 12.8. The average molecular weight is 322 g/mol. The molecule has 0 amide bonds. The first kappa shape index (κ1) is 14.8. The van der Waals surface area contributed by atoms with Crippen LogP contribution in [0.1, 0.15) is 15.9 Å². The number of aromatic nitrogens is 3. The molecule has 3 N–H and O–H groups in total. The molecular formula is C14H9F3N4O2. The molecule has 9 heteroatoms. The van der Waals surface area contributed by atoms with Crippen molar-refractivity contribution in [3.05, 3.63) is 47.7 Å². The number of benzene rings is 1. The van der Waals surface area contributed by atoms with Gasteiger partial charge in [0.1, 0.15) is 0 Å². The Bertz CT molecular complexity index is 918. The van der Waals surface area contributed by atoms with Crippen LogP contribution < -0.4 is 5.73 Å². The highest BCUT2D eigenvalue weighted by atomic mass is 19.4. The summed E-state index contributed by atoms with van der Waals surface area (Å²) >= 11 is 0. The highest BCUT2D eigenvalue weighted by Gasteiger charge is 2.30. The van der Waals surface area contributed by atoms with E-state index >= 15 is 0 Å². The van der Waals surface area contributed by atoms with Gasteiger partial charge in [-0.1, -0.05) is 12.1 Å². The second-order valence-corrected chi connectivity index (χ2v) is 4.76. The number of nitrogen functional groups attached to an aromatic ring is 1. The minimum Gasteiger partial charge on any atom is -0.478 e. The number of carboxylic acids is 1. The summed E-state index contributed by atoms with van der Waals surface area (Å²) in [7, 11) is 0. The molecule has 118 valence electrons. The molecule has 3 rings (SSSR count). The fourth-order valence-electron chi connectivity index (χ4n) is 2.21. The van der Waals surface area contributed by atoms with Crippen LogP contribution in [0.3, 0.4) is 0 Å². The van der Waals surface area contributed by atoms with E-state index in [4.69, 9.17) is 5.73 Å². The number of aromatic carboxylic acids is 1. The van der Waals surface area contributed by atoms with E-state index in [1.165, 1.54) is 28.9 Å². The van der Waals surface area contributed by atoms with Gasteiger partial charge in [-0.15, -0.1) is 5.10 Å². The van der Waals surface area contributed by atoms with Crippen LogP contribution in [0.2, 0.25) is 0 Å². The average Bonchev–Trinajstić information content (AvgIpc) is 2.84. The Morgan fingerprint density at radius 1 is 1.26 bits per heavy atom. The van der Waals surface area contributed by atoms with Crippen molar-refractivity contribution in [2.24, 2.45) is 0 Å². The zero-order valence-electron chi connectivity index (χ0n) is 11.4. The predicted octanol–water partition coefficient (Wildman–Crippen LogP) is 2.70. The van der Waals surface area contributed by atoms with Gasteiger partial charge in [-0.05, 0) is 23.8 Å². The number of hydrogen-bond acceptors (Lipinski definition) is 4. The molecule has 6 nitrogen and oxygen atoms in total. The van der Waals surface area contributed by atoms with Gasteiger partial charge in [0.25, 0.3) is 0 Å². The third kappa shape index (κ3) is 2.68. The zero-order chi connectivity index (χ0) is 16.8. The lowest BCUT2D eigenvalue weighted by Gasteiger charge is -2.11. The summed E-state index contributed by atoms with van der Waals surface area (Å²) in [5.41, 5.74) is 4.77. The molecule has 3 aromatic rings. The first-order valence-electron chi connectivity index (χ1n) is 6.32. The smallest absolute Gasteiger partial charge is 0.416 e. The van der Waals surface area contributed by atoms with E-state index in [9.17, 15) is 23.1 Å². The molecule has 0 aliphatic carbocycles. The van der Waals surface area contributed by atoms with Crippen molar-refractivity contribution in [3.63, 3.8) is 0 Å². The quantitative estimate of drug-likeness (QED) is 0.756. The molecule has 0 aliphatic heterocycles. The predicted molar refractivity (Wildman–Crippen MR) is 74.8 cm³/mol. The molecule has 2 heterocycles. The molecule has 0 saturated carbocycles. The van der Waals surface area contributed by atoms with Gasteiger partial charge in [0, 0.05) is 11.8 Å². The number of halogens is 3. The number of fused-ring (bicyclic) bond motifs is 1. The van der Waals surface area contributed by atoms with Gasteiger partial charge in [0.15, 0.2) is 5.65 Å². The minimum atomic E-state index is -4.53. The number of hydrogen-bond donors (Lipinski definition) is 2. The zero-order valence-corrected chi connectivity index (χ0v) is 11.4. The third-order valence-electron chi connectivity index (χ3n) is 3.22. The molecule has 0 aliphatic rings. The van der Waals surface area contributed by atoms with Crippen LogP contribution in [-0.2, 0) is 6.18 Å². The largest absolute Gasteiger partial charge is 0.478 e. The van der Waals surface area contributed by atoms with Crippen LogP contribution in [0.5, 0.6) is 0 Å². The second kappa shape index (κ2) is 4.97. The lowest BCUT2D eigenvalue weighted by Crippen LogP contribution is -2.06. The Balaban J connectivity index is 2.26.